The first-order chi connectivity index (χ1) is 15.8. The molecule has 6 nitrogen and oxygen atoms in total. The van der Waals surface area contributed by atoms with Gasteiger partial charge in [-0.1, -0.05) is 29.5 Å². The van der Waals surface area contributed by atoms with Crippen LogP contribution in [0, 0.1) is 19.7 Å². The Kier molecular flexibility index (Phi) is 5.02. The summed E-state index contributed by atoms with van der Waals surface area (Å²) >= 11 is 1.29. The molecule has 3 heterocycles. The van der Waals surface area contributed by atoms with Gasteiger partial charge >= 0.3 is 5.91 Å². The van der Waals surface area contributed by atoms with Crippen molar-refractivity contribution in [2.24, 2.45) is 0 Å². The number of pyridine rings is 1. The van der Waals surface area contributed by atoms with Gasteiger partial charge in [0.05, 0.1) is 21.8 Å². The molecule has 1 N–H and O–H groups in total. The summed E-state index contributed by atoms with van der Waals surface area (Å²) in [4.78, 5) is 36.3. The SMILES string of the molecule is Cc1cc(C)c2nc(N3C(=O)C(=O)C(=C(O)c4ccncc4)[C@H]3c3ccc(F)cc3)sc2c1. The van der Waals surface area contributed by atoms with Crippen LogP contribution in [0.5, 0.6) is 0 Å². The highest BCUT2D eigenvalue weighted by atomic mass is 32.1. The molecule has 0 aliphatic carbocycles. The molecule has 1 saturated heterocycles. The Morgan fingerprint density at radius 1 is 1.06 bits per heavy atom. The molecule has 0 radical (unpaired) electrons. The number of carbonyl (C=O) groups is 2. The molecule has 33 heavy (non-hydrogen) atoms. The smallest absolute Gasteiger partial charge is 0.301 e. The molecule has 164 valence electrons. The minimum absolute atomic E-state index is 0.0787. The molecule has 1 fully saturated rings. The summed E-state index contributed by atoms with van der Waals surface area (Å²) in [5.74, 6) is -2.39. The lowest BCUT2D eigenvalue weighted by atomic mass is 9.95. The molecule has 2 aromatic carbocycles. The Bertz CT molecular complexity index is 1450. The lowest BCUT2D eigenvalue weighted by molar-refractivity contribution is -0.132. The van der Waals surface area contributed by atoms with Crippen LogP contribution < -0.4 is 4.90 Å². The standard InChI is InChI=1S/C25H18FN3O3S/c1-13-11-14(2)20-18(12-13)33-25(28-20)29-21(15-3-5-17(26)6-4-15)19(23(31)24(29)32)22(30)16-7-9-27-10-8-16/h3-12,21,30H,1-2H3/t21-/m1/s1. The van der Waals surface area contributed by atoms with Crippen LogP contribution in [0.4, 0.5) is 9.52 Å². The minimum Gasteiger partial charge on any atom is -0.507 e. The summed E-state index contributed by atoms with van der Waals surface area (Å²) in [6, 6.07) is 11.6. The number of hydrogen-bond acceptors (Lipinski definition) is 6. The van der Waals surface area contributed by atoms with E-state index in [2.05, 4.69) is 9.97 Å². The van der Waals surface area contributed by atoms with Gasteiger partial charge in [0.2, 0.25) is 0 Å². The van der Waals surface area contributed by atoms with Crippen molar-refractivity contribution in [1.29, 1.82) is 0 Å². The minimum atomic E-state index is -0.958. The Balaban J connectivity index is 1.75. The Labute approximate surface area is 192 Å². The third-order valence-corrected chi connectivity index (χ3v) is 6.61. The molecule has 1 aliphatic heterocycles. The van der Waals surface area contributed by atoms with E-state index in [1.54, 1.807) is 12.1 Å². The first kappa shape index (κ1) is 21.0. The van der Waals surface area contributed by atoms with Gasteiger partial charge in [0.1, 0.15) is 11.6 Å². The Morgan fingerprint density at radius 3 is 2.45 bits per heavy atom. The average Bonchev–Trinajstić information content (AvgIpc) is 3.33. The van der Waals surface area contributed by atoms with E-state index in [1.165, 1.54) is 52.9 Å². The van der Waals surface area contributed by atoms with Crippen molar-refractivity contribution in [2.75, 3.05) is 4.90 Å². The first-order valence-corrected chi connectivity index (χ1v) is 11.0. The van der Waals surface area contributed by atoms with E-state index in [4.69, 9.17) is 0 Å². The van der Waals surface area contributed by atoms with Gasteiger partial charge in [0.15, 0.2) is 5.13 Å². The number of Topliss-reactive ketones (excluding diaryl/α,β-unsaturated/α-hetero) is 1. The number of aliphatic hydroxyl groups is 1. The zero-order chi connectivity index (χ0) is 23.3. The number of aryl methyl sites for hydroxylation is 2. The molecule has 1 amide bonds. The molecule has 0 saturated carbocycles. The predicted octanol–water partition coefficient (Wildman–Crippen LogP) is 5.07. The number of aromatic nitrogens is 2. The summed E-state index contributed by atoms with van der Waals surface area (Å²) < 4.78 is 14.5. The molecule has 5 rings (SSSR count). The Morgan fingerprint density at radius 2 is 1.76 bits per heavy atom. The topological polar surface area (TPSA) is 83.4 Å². The first-order valence-electron chi connectivity index (χ1n) is 10.2. The van der Waals surface area contributed by atoms with Gasteiger partial charge in [0, 0.05) is 18.0 Å². The summed E-state index contributed by atoms with van der Waals surface area (Å²) in [6.45, 7) is 3.92. The van der Waals surface area contributed by atoms with E-state index in [9.17, 15) is 19.1 Å². The van der Waals surface area contributed by atoms with Gasteiger partial charge in [-0.25, -0.2) is 9.37 Å². The molecular formula is C25H18FN3O3S. The maximum atomic E-state index is 13.7. The number of halogens is 1. The maximum absolute atomic E-state index is 13.7. The highest BCUT2D eigenvalue weighted by molar-refractivity contribution is 7.22. The molecule has 8 heteroatoms. The highest BCUT2D eigenvalue weighted by Crippen LogP contribution is 2.44. The number of nitrogens with zero attached hydrogens (tertiary/aromatic N) is 3. The number of aliphatic hydroxyl groups excluding tert-OH is 1. The fourth-order valence-electron chi connectivity index (χ4n) is 4.12. The fourth-order valence-corrected chi connectivity index (χ4v) is 5.29. The van der Waals surface area contributed by atoms with Gasteiger partial charge in [-0.3, -0.25) is 19.5 Å². The van der Waals surface area contributed by atoms with Crippen molar-refractivity contribution >= 4 is 44.1 Å². The lowest BCUT2D eigenvalue weighted by Crippen LogP contribution is -2.29. The number of anilines is 1. The Hall–Kier alpha value is -3.91. The molecule has 1 atom stereocenters. The maximum Gasteiger partial charge on any atom is 0.301 e. The third-order valence-electron chi connectivity index (χ3n) is 5.61. The van der Waals surface area contributed by atoms with Crippen LogP contribution in [0.25, 0.3) is 16.0 Å². The zero-order valence-electron chi connectivity index (χ0n) is 17.7. The second-order valence-corrected chi connectivity index (χ2v) is 8.89. The molecule has 4 aromatic rings. The lowest BCUT2D eigenvalue weighted by Gasteiger charge is -2.23. The number of ketones is 1. The zero-order valence-corrected chi connectivity index (χ0v) is 18.6. The van der Waals surface area contributed by atoms with Gasteiger partial charge in [-0.15, -0.1) is 0 Å². The molecule has 1 aliphatic rings. The van der Waals surface area contributed by atoms with Crippen LogP contribution in [0.3, 0.4) is 0 Å². The number of amides is 1. The summed E-state index contributed by atoms with van der Waals surface area (Å²) in [5, 5.41) is 11.4. The van der Waals surface area contributed by atoms with Crippen LogP contribution in [0.1, 0.15) is 28.3 Å². The van der Waals surface area contributed by atoms with E-state index >= 15 is 0 Å². The van der Waals surface area contributed by atoms with E-state index < -0.39 is 23.5 Å². The van der Waals surface area contributed by atoms with Crippen molar-refractivity contribution in [1.82, 2.24) is 9.97 Å². The van der Waals surface area contributed by atoms with E-state index in [-0.39, 0.29) is 11.3 Å². The average molecular weight is 460 g/mol. The van der Waals surface area contributed by atoms with Crippen molar-refractivity contribution < 1.29 is 19.1 Å². The summed E-state index contributed by atoms with van der Waals surface area (Å²) in [6.07, 6.45) is 2.97. The van der Waals surface area contributed by atoms with Crippen LogP contribution >= 0.6 is 11.3 Å². The van der Waals surface area contributed by atoms with E-state index in [0.29, 0.717) is 16.3 Å². The molecule has 0 bridgehead atoms. The van der Waals surface area contributed by atoms with Crippen molar-refractivity contribution in [3.63, 3.8) is 0 Å². The van der Waals surface area contributed by atoms with E-state index in [0.717, 1.165) is 21.3 Å². The van der Waals surface area contributed by atoms with Crippen molar-refractivity contribution in [2.45, 2.75) is 19.9 Å². The van der Waals surface area contributed by atoms with Crippen LogP contribution in [0.2, 0.25) is 0 Å². The molecular weight excluding hydrogens is 441 g/mol. The number of carbonyl (C=O) groups excluding carboxylic acids is 2. The molecule has 0 spiro atoms. The second-order valence-electron chi connectivity index (χ2n) is 7.88. The van der Waals surface area contributed by atoms with Gasteiger partial charge in [-0.2, -0.15) is 0 Å². The number of thiazole rings is 1. The number of hydrogen-bond donors (Lipinski definition) is 1. The predicted molar refractivity (Wildman–Crippen MR) is 125 cm³/mol. The van der Waals surface area contributed by atoms with Crippen LogP contribution in [-0.2, 0) is 9.59 Å². The summed E-state index contributed by atoms with van der Waals surface area (Å²) in [7, 11) is 0. The number of rotatable bonds is 3. The van der Waals surface area contributed by atoms with Gasteiger partial charge < -0.3 is 5.11 Å². The second kappa shape index (κ2) is 7.90. The van der Waals surface area contributed by atoms with Gasteiger partial charge in [0.25, 0.3) is 5.78 Å². The quantitative estimate of drug-likeness (QED) is 0.263. The highest BCUT2D eigenvalue weighted by Gasteiger charge is 2.48. The monoisotopic (exact) mass is 459 g/mol. The summed E-state index contributed by atoms with van der Waals surface area (Å²) in [5.41, 5.74) is 3.52. The van der Waals surface area contributed by atoms with Crippen LogP contribution in [-0.4, -0.2) is 26.8 Å². The van der Waals surface area contributed by atoms with Crippen molar-refractivity contribution in [3.8, 4) is 0 Å². The largest absolute Gasteiger partial charge is 0.507 e. The van der Waals surface area contributed by atoms with Crippen molar-refractivity contribution in [3.05, 3.63) is 94.6 Å². The number of fused-ring (bicyclic) bond motifs is 1. The van der Waals surface area contributed by atoms with E-state index in [1.807, 2.05) is 26.0 Å². The molecule has 2 aromatic heterocycles. The molecule has 0 unspecified atom stereocenters. The normalized spacial score (nSPS) is 17.8. The fraction of sp³-hybridized carbons (Fsp3) is 0.120. The number of benzene rings is 2. The van der Waals surface area contributed by atoms with Gasteiger partial charge in [-0.05, 0) is 60.9 Å². The van der Waals surface area contributed by atoms with Crippen LogP contribution in [0.15, 0.2) is 66.5 Å². The third kappa shape index (κ3) is 3.48.